The molecule has 0 spiro atoms. The van der Waals surface area contributed by atoms with Crippen LogP contribution in [0.25, 0.3) is 10.9 Å². The van der Waals surface area contributed by atoms with Crippen LogP contribution in [-0.4, -0.2) is 46.9 Å². The van der Waals surface area contributed by atoms with Crippen LogP contribution in [0.5, 0.6) is 0 Å². The van der Waals surface area contributed by atoms with Gasteiger partial charge >= 0.3 is 0 Å². The summed E-state index contributed by atoms with van der Waals surface area (Å²) >= 11 is 12.2. The maximum atomic E-state index is 13.5. The number of hydrogen-bond acceptors (Lipinski definition) is 5. The highest BCUT2D eigenvalue weighted by atomic mass is 35.5. The quantitative estimate of drug-likeness (QED) is 0.523. The van der Waals surface area contributed by atoms with Gasteiger partial charge in [-0.2, -0.15) is 0 Å². The van der Waals surface area contributed by atoms with Crippen molar-refractivity contribution in [3.63, 3.8) is 0 Å². The van der Waals surface area contributed by atoms with E-state index in [0.29, 0.717) is 28.5 Å². The van der Waals surface area contributed by atoms with Crippen LogP contribution in [0.4, 0.5) is 0 Å². The largest absolute Gasteiger partial charge is 0.367 e. The van der Waals surface area contributed by atoms with Crippen molar-refractivity contribution in [2.75, 3.05) is 6.61 Å². The summed E-state index contributed by atoms with van der Waals surface area (Å²) in [6.07, 6.45) is 3.52. The Bertz CT molecular complexity index is 1330. The van der Waals surface area contributed by atoms with E-state index in [1.165, 1.54) is 0 Å². The Morgan fingerprint density at radius 2 is 2.00 bits per heavy atom. The lowest BCUT2D eigenvalue weighted by atomic mass is 9.91. The minimum atomic E-state index is -1.04. The first-order valence-corrected chi connectivity index (χ1v) is 12.2. The van der Waals surface area contributed by atoms with Gasteiger partial charge in [0.2, 0.25) is 5.91 Å². The van der Waals surface area contributed by atoms with Crippen LogP contribution in [0.1, 0.15) is 35.2 Å². The zero-order chi connectivity index (χ0) is 24.6. The van der Waals surface area contributed by atoms with Crippen LogP contribution in [-0.2, 0) is 20.7 Å². The molecule has 3 atom stereocenters. The van der Waals surface area contributed by atoms with Crippen molar-refractivity contribution < 1.29 is 19.1 Å². The number of nitrogens with one attached hydrogen (secondary N) is 2. The number of hydrogen-bond donors (Lipinski definition) is 2. The maximum Gasteiger partial charge on any atom is 0.251 e. The number of fused-ring (bicyclic) bond motifs is 2. The molecule has 2 N–H and O–H groups in total. The molecule has 1 saturated heterocycles. The lowest BCUT2D eigenvalue weighted by Gasteiger charge is -2.30. The molecule has 5 rings (SSSR count). The Kier molecular flexibility index (Phi) is 6.49. The SMILES string of the molecule is O=C(NC(Cc1ccc(Cl)c(Cl)c1)C(=O)NC12CCCC1OCC2=O)c1ccc2ncccc2c1. The molecule has 2 aromatic carbocycles. The van der Waals surface area contributed by atoms with Gasteiger partial charge in [0.25, 0.3) is 5.91 Å². The molecule has 3 aromatic rings. The molecule has 2 heterocycles. The van der Waals surface area contributed by atoms with E-state index in [4.69, 9.17) is 27.9 Å². The number of benzene rings is 2. The number of rotatable bonds is 6. The molecule has 7 nitrogen and oxygen atoms in total. The number of ether oxygens (including phenoxy) is 1. The lowest BCUT2D eigenvalue weighted by Crippen LogP contribution is -2.60. The van der Waals surface area contributed by atoms with Crippen molar-refractivity contribution in [2.45, 2.75) is 43.4 Å². The van der Waals surface area contributed by atoms with Crippen molar-refractivity contribution in [2.24, 2.45) is 0 Å². The molecule has 9 heteroatoms. The smallest absolute Gasteiger partial charge is 0.251 e. The van der Waals surface area contributed by atoms with Crippen molar-refractivity contribution >= 4 is 51.7 Å². The van der Waals surface area contributed by atoms with Gasteiger partial charge in [-0.05, 0) is 61.2 Å². The Hall–Kier alpha value is -3.00. The van der Waals surface area contributed by atoms with Gasteiger partial charge in [-0.25, -0.2) is 0 Å². The van der Waals surface area contributed by atoms with Gasteiger partial charge in [-0.3, -0.25) is 19.4 Å². The molecule has 1 aliphatic heterocycles. The molecule has 2 aliphatic rings. The van der Waals surface area contributed by atoms with Crippen LogP contribution < -0.4 is 10.6 Å². The second-order valence-electron chi connectivity index (χ2n) is 8.97. The van der Waals surface area contributed by atoms with Gasteiger partial charge in [0, 0.05) is 23.6 Å². The third kappa shape index (κ3) is 4.63. The summed E-state index contributed by atoms with van der Waals surface area (Å²) in [6, 6.07) is 12.9. The first kappa shape index (κ1) is 23.7. The van der Waals surface area contributed by atoms with Crippen molar-refractivity contribution in [3.05, 3.63) is 75.9 Å². The summed E-state index contributed by atoms with van der Waals surface area (Å²) in [5.41, 5.74) is 0.846. The average molecular weight is 512 g/mol. The number of amides is 2. The first-order valence-electron chi connectivity index (χ1n) is 11.4. The fourth-order valence-electron chi connectivity index (χ4n) is 4.91. The van der Waals surface area contributed by atoms with Gasteiger partial charge in [0.05, 0.1) is 21.7 Å². The van der Waals surface area contributed by atoms with Crippen LogP contribution in [0.15, 0.2) is 54.7 Å². The van der Waals surface area contributed by atoms with Gasteiger partial charge < -0.3 is 15.4 Å². The Balaban J connectivity index is 1.41. The third-order valence-electron chi connectivity index (χ3n) is 6.76. The van der Waals surface area contributed by atoms with Crippen molar-refractivity contribution in [1.29, 1.82) is 0 Å². The maximum absolute atomic E-state index is 13.5. The topological polar surface area (TPSA) is 97.4 Å². The van der Waals surface area contributed by atoms with Gasteiger partial charge in [0.1, 0.15) is 18.2 Å². The van der Waals surface area contributed by atoms with E-state index in [-0.39, 0.29) is 24.9 Å². The van der Waals surface area contributed by atoms with E-state index in [1.54, 1.807) is 48.7 Å². The molecule has 1 aromatic heterocycles. The minimum Gasteiger partial charge on any atom is -0.367 e. The van der Waals surface area contributed by atoms with Gasteiger partial charge in [0.15, 0.2) is 5.78 Å². The number of Topliss-reactive ketones (excluding diaryl/α,β-unsaturated/α-hetero) is 1. The highest BCUT2D eigenvalue weighted by Gasteiger charge is 2.55. The number of carbonyl (C=O) groups excluding carboxylic acids is 3. The predicted octanol–water partition coefficient (Wildman–Crippen LogP) is 3.89. The van der Waals surface area contributed by atoms with Crippen molar-refractivity contribution in [3.8, 4) is 0 Å². The fraction of sp³-hybridized carbons (Fsp3) is 0.308. The zero-order valence-electron chi connectivity index (χ0n) is 18.7. The summed E-state index contributed by atoms with van der Waals surface area (Å²) in [5.74, 6) is -0.988. The molecular formula is C26H23Cl2N3O4. The molecule has 3 unspecified atom stereocenters. The number of nitrogens with zero attached hydrogens (tertiary/aromatic N) is 1. The van der Waals surface area contributed by atoms with E-state index in [0.717, 1.165) is 22.9 Å². The van der Waals surface area contributed by atoms with Gasteiger partial charge in [-0.15, -0.1) is 0 Å². The van der Waals surface area contributed by atoms with Crippen LogP contribution >= 0.6 is 23.2 Å². The van der Waals surface area contributed by atoms with E-state index < -0.39 is 23.4 Å². The summed E-state index contributed by atoms with van der Waals surface area (Å²) in [7, 11) is 0. The predicted molar refractivity (Wildman–Crippen MR) is 133 cm³/mol. The van der Waals surface area contributed by atoms with E-state index in [1.807, 2.05) is 6.07 Å². The van der Waals surface area contributed by atoms with Crippen LogP contribution in [0.3, 0.4) is 0 Å². The highest BCUT2D eigenvalue weighted by Crippen LogP contribution is 2.38. The molecule has 2 amide bonds. The number of ketones is 1. The van der Waals surface area contributed by atoms with E-state index >= 15 is 0 Å². The number of carbonyl (C=O) groups is 3. The van der Waals surface area contributed by atoms with Crippen molar-refractivity contribution in [1.82, 2.24) is 15.6 Å². The molecular weight excluding hydrogens is 489 g/mol. The second-order valence-corrected chi connectivity index (χ2v) is 9.78. The Morgan fingerprint density at radius 3 is 2.83 bits per heavy atom. The zero-order valence-corrected chi connectivity index (χ0v) is 20.2. The number of aromatic nitrogens is 1. The lowest BCUT2D eigenvalue weighted by molar-refractivity contribution is -0.131. The molecule has 1 aliphatic carbocycles. The number of pyridine rings is 1. The summed E-state index contributed by atoms with van der Waals surface area (Å²) < 4.78 is 5.62. The standard InChI is InChI=1S/C26H23Cl2N3O4/c27-18-7-5-15(11-19(18)28)12-21(25(34)31-26-9-1-4-23(26)35-14-22(26)32)30-24(33)17-6-8-20-16(13-17)3-2-10-29-20/h2-3,5-8,10-11,13,21,23H,1,4,9,12,14H2,(H,30,33)(H,31,34). The summed E-state index contributed by atoms with van der Waals surface area (Å²) in [5, 5.41) is 7.35. The molecule has 0 bridgehead atoms. The summed E-state index contributed by atoms with van der Waals surface area (Å²) in [4.78, 5) is 43.7. The molecule has 35 heavy (non-hydrogen) atoms. The molecule has 2 fully saturated rings. The Morgan fingerprint density at radius 1 is 1.14 bits per heavy atom. The highest BCUT2D eigenvalue weighted by molar-refractivity contribution is 6.42. The van der Waals surface area contributed by atoms with Crippen LogP contribution in [0, 0.1) is 0 Å². The second kappa shape index (κ2) is 9.57. The molecule has 0 radical (unpaired) electrons. The average Bonchev–Trinajstić information content (AvgIpc) is 3.39. The normalized spacial score (nSPS) is 22.1. The third-order valence-corrected chi connectivity index (χ3v) is 7.50. The first-order chi connectivity index (χ1) is 16.9. The van der Waals surface area contributed by atoms with E-state index in [2.05, 4.69) is 15.6 Å². The van der Waals surface area contributed by atoms with Gasteiger partial charge in [-0.1, -0.05) is 35.3 Å². The summed E-state index contributed by atoms with van der Waals surface area (Å²) in [6.45, 7) is -0.0140. The fourth-order valence-corrected chi connectivity index (χ4v) is 5.23. The van der Waals surface area contributed by atoms with Crippen LogP contribution in [0.2, 0.25) is 10.0 Å². The minimum absolute atomic E-state index is 0.0140. The molecule has 1 saturated carbocycles. The Labute approximate surface area is 212 Å². The number of halogens is 2. The monoisotopic (exact) mass is 511 g/mol. The molecule has 180 valence electrons. The van der Waals surface area contributed by atoms with E-state index in [9.17, 15) is 14.4 Å².